The highest BCUT2D eigenvalue weighted by molar-refractivity contribution is 8.76. The first-order valence-corrected chi connectivity index (χ1v) is 11.0. The van der Waals surface area contributed by atoms with Crippen molar-refractivity contribution < 1.29 is 24.0 Å². The second-order valence-corrected chi connectivity index (χ2v) is 8.80. The van der Waals surface area contributed by atoms with E-state index in [4.69, 9.17) is 5.73 Å². The largest absolute Gasteiger partial charge is 0.368 e. The number of hydrogen-bond donors (Lipinski definition) is 4. The molecule has 0 aromatic carbocycles. The van der Waals surface area contributed by atoms with E-state index in [1.165, 1.54) is 33.4 Å². The first-order chi connectivity index (χ1) is 12.8. The lowest BCUT2D eigenvalue weighted by molar-refractivity contribution is -0.141. The molecule has 0 bridgehead atoms. The Labute approximate surface area is 164 Å². The Balaban J connectivity index is 2.18. The molecule has 0 aromatic heterocycles. The van der Waals surface area contributed by atoms with Crippen LogP contribution in [0.25, 0.3) is 0 Å². The number of fused-ring (bicyclic) bond motifs is 1. The molecule has 0 spiro atoms. The Hall–Kier alpha value is -1.95. The van der Waals surface area contributed by atoms with Crippen molar-refractivity contribution in [1.29, 1.82) is 0 Å². The fourth-order valence-corrected chi connectivity index (χ4v) is 5.21. The molecular weight excluding hydrogens is 394 g/mol. The predicted octanol–water partition coefficient (Wildman–Crippen LogP) is -2.04. The first-order valence-electron chi connectivity index (χ1n) is 8.48. The minimum Gasteiger partial charge on any atom is -0.368 e. The normalized spacial score (nSPS) is 27.8. The molecule has 2 fully saturated rings. The second-order valence-electron chi connectivity index (χ2n) is 6.25. The van der Waals surface area contributed by atoms with Crippen molar-refractivity contribution >= 4 is 51.1 Å². The molecule has 5 amide bonds. The van der Waals surface area contributed by atoms with E-state index in [1.54, 1.807) is 0 Å². The quantitative estimate of drug-likeness (QED) is 0.378. The SMILES string of the molecule is CC(=O)N[C@H]1CSSC[C@@H](C(N)=O)NC(=O)CNC(=O)[C@@H]2CCCN2C1=O. The van der Waals surface area contributed by atoms with Crippen molar-refractivity contribution in [2.24, 2.45) is 5.73 Å². The fourth-order valence-electron chi connectivity index (χ4n) is 2.88. The van der Waals surface area contributed by atoms with Crippen molar-refractivity contribution in [1.82, 2.24) is 20.9 Å². The molecule has 2 saturated heterocycles. The van der Waals surface area contributed by atoms with Crippen LogP contribution in [0, 0.1) is 0 Å². The van der Waals surface area contributed by atoms with Crippen LogP contribution >= 0.6 is 21.6 Å². The molecule has 0 aliphatic carbocycles. The van der Waals surface area contributed by atoms with Crippen molar-refractivity contribution in [2.75, 3.05) is 24.6 Å². The minimum absolute atomic E-state index is 0.201. The van der Waals surface area contributed by atoms with E-state index in [1.807, 2.05) is 0 Å². The molecule has 5 N–H and O–H groups in total. The standard InChI is InChI=1S/C15H23N5O5S2/c1-8(21)18-10-7-27-26-6-9(13(16)23)19-12(22)5-17-14(24)11-3-2-4-20(11)15(10)25/h9-11H,2-7H2,1H3,(H2,16,23)(H,17,24)(H,18,21)(H,19,22)/t9-,10-,11-/m0/s1. The van der Waals surface area contributed by atoms with Crippen molar-refractivity contribution in [2.45, 2.75) is 37.9 Å². The number of carbonyl (C=O) groups excluding carboxylic acids is 5. The molecule has 27 heavy (non-hydrogen) atoms. The van der Waals surface area contributed by atoms with Crippen LogP contribution in [0.15, 0.2) is 0 Å². The lowest BCUT2D eigenvalue weighted by atomic mass is 10.2. The van der Waals surface area contributed by atoms with E-state index < -0.39 is 35.8 Å². The molecule has 0 unspecified atom stereocenters. The van der Waals surface area contributed by atoms with E-state index in [9.17, 15) is 24.0 Å². The molecule has 10 nitrogen and oxygen atoms in total. The summed E-state index contributed by atoms with van der Waals surface area (Å²) in [4.78, 5) is 61.7. The van der Waals surface area contributed by atoms with Crippen LogP contribution in [0.1, 0.15) is 19.8 Å². The molecule has 0 saturated carbocycles. The first kappa shape index (κ1) is 21.4. The number of nitrogens with zero attached hydrogens (tertiary/aromatic N) is 1. The van der Waals surface area contributed by atoms with Gasteiger partial charge in [-0.25, -0.2) is 0 Å². The Morgan fingerprint density at radius 1 is 1.22 bits per heavy atom. The summed E-state index contributed by atoms with van der Waals surface area (Å²) in [5.41, 5.74) is 5.30. The molecule has 2 aliphatic heterocycles. The Morgan fingerprint density at radius 2 is 1.93 bits per heavy atom. The zero-order chi connectivity index (χ0) is 20.0. The summed E-state index contributed by atoms with van der Waals surface area (Å²) >= 11 is 0. The van der Waals surface area contributed by atoms with E-state index in [0.29, 0.717) is 19.4 Å². The Morgan fingerprint density at radius 3 is 2.59 bits per heavy atom. The predicted molar refractivity (Wildman–Crippen MR) is 101 cm³/mol. The zero-order valence-corrected chi connectivity index (χ0v) is 16.5. The van der Waals surface area contributed by atoms with Gasteiger partial charge in [0, 0.05) is 25.0 Å². The summed E-state index contributed by atoms with van der Waals surface area (Å²) in [7, 11) is 2.55. The molecule has 2 rings (SSSR count). The number of carbonyl (C=O) groups is 5. The molecule has 0 radical (unpaired) electrons. The van der Waals surface area contributed by atoms with Gasteiger partial charge in [-0.2, -0.15) is 0 Å². The van der Waals surface area contributed by atoms with Gasteiger partial charge < -0.3 is 26.6 Å². The van der Waals surface area contributed by atoms with Crippen LogP contribution in [0.3, 0.4) is 0 Å². The van der Waals surface area contributed by atoms with Gasteiger partial charge in [0.1, 0.15) is 18.1 Å². The smallest absolute Gasteiger partial charge is 0.246 e. The summed E-state index contributed by atoms with van der Waals surface area (Å²) in [6, 6.07) is -2.36. The van der Waals surface area contributed by atoms with Crippen LogP contribution in [0.5, 0.6) is 0 Å². The average molecular weight is 418 g/mol. The van der Waals surface area contributed by atoms with Gasteiger partial charge in [-0.15, -0.1) is 0 Å². The van der Waals surface area contributed by atoms with Gasteiger partial charge in [0.2, 0.25) is 29.5 Å². The average Bonchev–Trinajstić information content (AvgIpc) is 3.09. The maximum Gasteiger partial charge on any atom is 0.246 e. The van der Waals surface area contributed by atoms with Crippen molar-refractivity contribution in [3.05, 3.63) is 0 Å². The summed E-state index contributed by atoms with van der Waals surface area (Å²) in [6.07, 6.45) is 1.15. The number of amides is 5. The second kappa shape index (κ2) is 9.83. The monoisotopic (exact) mass is 417 g/mol. The summed E-state index contributed by atoms with van der Waals surface area (Å²) in [5.74, 6) is -1.87. The molecule has 0 aromatic rings. The van der Waals surface area contributed by atoms with Crippen LogP contribution < -0.4 is 21.7 Å². The van der Waals surface area contributed by atoms with Crippen LogP contribution in [0.2, 0.25) is 0 Å². The van der Waals surface area contributed by atoms with Gasteiger partial charge in [-0.3, -0.25) is 24.0 Å². The third-order valence-corrected chi connectivity index (χ3v) is 6.59. The maximum atomic E-state index is 12.9. The fraction of sp³-hybridized carbons (Fsp3) is 0.667. The van der Waals surface area contributed by atoms with Gasteiger partial charge in [0.25, 0.3) is 0 Å². The third-order valence-electron chi connectivity index (χ3n) is 4.17. The number of nitrogens with two attached hydrogens (primary N) is 1. The van der Waals surface area contributed by atoms with Crippen LogP contribution in [-0.4, -0.2) is 77.2 Å². The molecular formula is C15H23N5O5S2. The highest BCUT2D eigenvalue weighted by Crippen LogP contribution is 2.25. The Bertz CT molecular complexity index is 632. The lowest BCUT2D eigenvalue weighted by Crippen LogP contribution is -2.55. The number of hydrogen-bond acceptors (Lipinski definition) is 7. The zero-order valence-electron chi connectivity index (χ0n) is 14.9. The van der Waals surface area contributed by atoms with Gasteiger partial charge in [-0.05, 0) is 12.8 Å². The topological polar surface area (TPSA) is 151 Å². The molecule has 2 heterocycles. The molecule has 3 atom stereocenters. The van der Waals surface area contributed by atoms with E-state index in [0.717, 1.165) is 0 Å². The number of primary amides is 1. The minimum atomic E-state index is -0.896. The number of nitrogens with one attached hydrogen (secondary N) is 3. The van der Waals surface area contributed by atoms with Gasteiger partial charge in [-0.1, -0.05) is 21.6 Å². The summed E-state index contributed by atoms with van der Waals surface area (Å²) in [5, 5.41) is 7.61. The number of rotatable bonds is 2. The molecule has 2 aliphatic rings. The molecule has 150 valence electrons. The van der Waals surface area contributed by atoms with E-state index in [-0.39, 0.29) is 29.9 Å². The van der Waals surface area contributed by atoms with Gasteiger partial charge in [0.15, 0.2) is 0 Å². The highest BCUT2D eigenvalue weighted by Gasteiger charge is 2.37. The van der Waals surface area contributed by atoms with Crippen molar-refractivity contribution in [3.8, 4) is 0 Å². The van der Waals surface area contributed by atoms with Gasteiger partial charge in [0.05, 0.1) is 6.54 Å². The van der Waals surface area contributed by atoms with E-state index in [2.05, 4.69) is 16.0 Å². The lowest BCUT2D eigenvalue weighted by Gasteiger charge is -2.28. The van der Waals surface area contributed by atoms with Crippen LogP contribution in [-0.2, 0) is 24.0 Å². The third kappa shape index (κ3) is 6.03. The van der Waals surface area contributed by atoms with Gasteiger partial charge >= 0.3 is 0 Å². The maximum absolute atomic E-state index is 12.9. The van der Waals surface area contributed by atoms with Crippen molar-refractivity contribution in [3.63, 3.8) is 0 Å². The molecule has 12 heteroatoms. The summed E-state index contributed by atoms with van der Waals surface area (Å²) < 4.78 is 0. The Kier molecular flexibility index (Phi) is 7.78. The highest BCUT2D eigenvalue weighted by atomic mass is 33.1. The van der Waals surface area contributed by atoms with E-state index >= 15 is 0 Å². The van der Waals surface area contributed by atoms with Crippen LogP contribution in [0.4, 0.5) is 0 Å². The summed E-state index contributed by atoms with van der Waals surface area (Å²) in [6.45, 7) is 1.43.